The van der Waals surface area contributed by atoms with Crippen LogP contribution in [0.2, 0.25) is 0 Å². The molecule has 14 heavy (non-hydrogen) atoms. The first-order chi connectivity index (χ1) is 6.74. The zero-order valence-corrected chi connectivity index (χ0v) is 7.14. The third kappa shape index (κ3) is 1.09. The molecule has 6 heteroatoms. The number of nitrogens with one attached hydrogen (secondary N) is 1. The molecule has 4 N–H and O–H groups in total. The highest BCUT2D eigenvalue weighted by Gasteiger charge is 2.13. The molecule has 0 aliphatic rings. The predicted molar refractivity (Wildman–Crippen MR) is 50.0 cm³/mol. The van der Waals surface area contributed by atoms with Gasteiger partial charge >= 0.3 is 5.97 Å². The van der Waals surface area contributed by atoms with Crippen LogP contribution >= 0.6 is 0 Å². The van der Waals surface area contributed by atoms with Crippen molar-refractivity contribution < 1.29 is 9.90 Å². The molecule has 0 saturated carbocycles. The van der Waals surface area contributed by atoms with E-state index < -0.39 is 5.97 Å². The second kappa shape index (κ2) is 3.00. The first-order valence-electron chi connectivity index (χ1n) is 3.90. The second-order valence-corrected chi connectivity index (χ2v) is 2.72. The maximum atomic E-state index is 10.8. The molecule has 0 spiro atoms. The van der Waals surface area contributed by atoms with Gasteiger partial charge in [0, 0.05) is 6.20 Å². The molecule has 2 aromatic heterocycles. The van der Waals surface area contributed by atoms with Crippen LogP contribution in [0, 0.1) is 0 Å². The highest BCUT2D eigenvalue weighted by Crippen LogP contribution is 2.19. The van der Waals surface area contributed by atoms with Gasteiger partial charge in [-0.2, -0.15) is 5.10 Å². The van der Waals surface area contributed by atoms with Crippen LogP contribution in [0.25, 0.3) is 5.52 Å². The molecule has 0 saturated heterocycles. The molecule has 2 rings (SSSR count). The number of nitrogens with zero attached hydrogens (tertiary/aromatic N) is 2. The number of hydrazine groups is 1. The van der Waals surface area contributed by atoms with Crippen LogP contribution in [0.5, 0.6) is 0 Å². The van der Waals surface area contributed by atoms with E-state index in [0.717, 1.165) is 0 Å². The van der Waals surface area contributed by atoms with Crippen LogP contribution in [0.15, 0.2) is 24.5 Å². The average molecular weight is 192 g/mol. The number of hydrogen-bond donors (Lipinski definition) is 3. The van der Waals surface area contributed by atoms with E-state index in [1.54, 1.807) is 18.3 Å². The number of aromatic carboxylic acids is 1. The monoisotopic (exact) mass is 192 g/mol. The topological polar surface area (TPSA) is 92.6 Å². The van der Waals surface area contributed by atoms with Gasteiger partial charge in [0.1, 0.15) is 11.1 Å². The summed E-state index contributed by atoms with van der Waals surface area (Å²) in [6.45, 7) is 0. The number of carboxylic acids is 1. The van der Waals surface area contributed by atoms with Gasteiger partial charge in [-0.25, -0.2) is 9.31 Å². The van der Waals surface area contributed by atoms with E-state index in [9.17, 15) is 4.79 Å². The number of hydrogen-bond acceptors (Lipinski definition) is 4. The lowest BCUT2D eigenvalue weighted by molar-refractivity contribution is 0.0699. The molecule has 0 unspecified atom stereocenters. The van der Waals surface area contributed by atoms with Crippen LogP contribution in [0.3, 0.4) is 0 Å². The van der Waals surface area contributed by atoms with Crippen molar-refractivity contribution in [1.29, 1.82) is 0 Å². The van der Waals surface area contributed by atoms with Gasteiger partial charge in [0.05, 0.1) is 11.9 Å². The van der Waals surface area contributed by atoms with Gasteiger partial charge in [0.2, 0.25) is 0 Å². The van der Waals surface area contributed by atoms with Gasteiger partial charge in [0.25, 0.3) is 0 Å². The number of anilines is 1. The zero-order valence-electron chi connectivity index (χ0n) is 7.14. The Kier molecular flexibility index (Phi) is 1.83. The fourth-order valence-electron chi connectivity index (χ4n) is 1.32. The first kappa shape index (κ1) is 8.52. The van der Waals surface area contributed by atoms with Crippen molar-refractivity contribution in [2.24, 2.45) is 5.84 Å². The Morgan fingerprint density at radius 1 is 1.64 bits per heavy atom. The number of carboxylic acid groups (broad SMARTS) is 1. The molecule has 0 amide bonds. The number of nitrogens with two attached hydrogens (primary N) is 1. The zero-order chi connectivity index (χ0) is 10.1. The van der Waals surface area contributed by atoms with Crippen LogP contribution in [-0.4, -0.2) is 20.7 Å². The van der Waals surface area contributed by atoms with E-state index in [2.05, 4.69) is 10.5 Å². The highest BCUT2D eigenvalue weighted by atomic mass is 16.4. The number of pyridine rings is 1. The van der Waals surface area contributed by atoms with Gasteiger partial charge < -0.3 is 10.5 Å². The number of rotatable bonds is 2. The van der Waals surface area contributed by atoms with E-state index >= 15 is 0 Å². The normalized spacial score (nSPS) is 10.4. The summed E-state index contributed by atoms with van der Waals surface area (Å²) >= 11 is 0. The molecule has 0 fully saturated rings. The summed E-state index contributed by atoms with van der Waals surface area (Å²) < 4.78 is 1.46. The van der Waals surface area contributed by atoms with Crippen molar-refractivity contribution >= 4 is 17.2 Å². The summed E-state index contributed by atoms with van der Waals surface area (Å²) in [7, 11) is 0. The largest absolute Gasteiger partial charge is 0.478 e. The molecule has 6 nitrogen and oxygen atoms in total. The summed E-state index contributed by atoms with van der Waals surface area (Å²) in [5, 5.41) is 12.8. The van der Waals surface area contributed by atoms with Gasteiger partial charge in [-0.05, 0) is 12.1 Å². The predicted octanol–water partition coefficient (Wildman–Crippen LogP) is 0.318. The standard InChI is InChI=1S/C8H8N4O2/c9-11-6-2-1-3-12-7(6)5(4-10-12)8(13)14/h1-4,11H,9H2,(H,13,14). The van der Waals surface area contributed by atoms with Crippen LogP contribution in [0.1, 0.15) is 10.4 Å². The summed E-state index contributed by atoms with van der Waals surface area (Å²) in [6.07, 6.45) is 2.95. The third-order valence-electron chi connectivity index (χ3n) is 1.93. The van der Waals surface area contributed by atoms with Gasteiger partial charge in [-0.1, -0.05) is 0 Å². The van der Waals surface area contributed by atoms with Gasteiger partial charge in [-0.3, -0.25) is 5.84 Å². The Labute approximate surface area is 78.9 Å². The van der Waals surface area contributed by atoms with Crippen molar-refractivity contribution in [3.8, 4) is 0 Å². The Bertz CT molecular complexity index is 491. The van der Waals surface area contributed by atoms with Crippen molar-refractivity contribution in [3.63, 3.8) is 0 Å². The summed E-state index contributed by atoms with van der Waals surface area (Å²) in [5.41, 5.74) is 3.54. The SMILES string of the molecule is NNc1cccn2ncc(C(=O)O)c12. The molecule has 0 aliphatic carbocycles. The second-order valence-electron chi connectivity index (χ2n) is 2.72. The molecular formula is C8H8N4O2. The molecule has 0 aromatic carbocycles. The maximum Gasteiger partial charge on any atom is 0.339 e. The minimum Gasteiger partial charge on any atom is -0.478 e. The molecule has 0 aliphatic heterocycles. The Balaban J connectivity index is 2.81. The lowest BCUT2D eigenvalue weighted by Crippen LogP contribution is -2.09. The van der Waals surface area contributed by atoms with Crippen molar-refractivity contribution in [2.75, 3.05) is 5.43 Å². The molecule has 0 atom stereocenters. The number of nitrogen functional groups attached to an aromatic ring is 1. The number of carbonyl (C=O) groups is 1. The van der Waals surface area contributed by atoms with Gasteiger partial charge in [-0.15, -0.1) is 0 Å². The lowest BCUT2D eigenvalue weighted by atomic mass is 10.2. The van der Waals surface area contributed by atoms with E-state index in [1.807, 2.05) is 0 Å². The first-order valence-corrected chi connectivity index (χ1v) is 3.90. The number of aromatic nitrogens is 2. The highest BCUT2D eigenvalue weighted by molar-refractivity contribution is 5.99. The summed E-state index contributed by atoms with van der Waals surface area (Å²) in [4.78, 5) is 10.8. The van der Waals surface area contributed by atoms with Crippen molar-refractivity contribution in [1.82, 2.24) is 9.61 Å². The molecule has 0 bridgehead atoms. The molecule has 0 radical (unpaired) electrons. The van der Waals surface area contributed by atoms with Crippen LogP contribution < -0.4 is 11.3 Å². The molecular weight excluding hydrogens is 184 g/mol. The van der Waals surface area contributed by atoms with E-state index in [4.69, 9.17) is 10.9 Å². The Morgan fingerprint density at radius 3 is 3.07 bits per heavy atom. The molecule has 2 aromatic rings. The minimum absolute atomic E-state index is 0.124. The average Bonchev–Trinajstić information content (AvgIpc) is 2.60. The third-order valence-corrected chi connectivity index (χ3v) is 1.93. The maximum absolute atomic E-state index is 10.8. The lowest BCUT2D eigenvalue weighted by Gasteiger charge is -2.02. The summed E-state index contributed by atoms with van der Waals surface area (Å²) in [5.74, 6) is 4.23. The van der Waals surface area contributed by atoms with Crippen molar-refractivity contribution in [3.05, 3.63) is 30.1 Å². The molecule has 2 heterocycles. The Morgan fingerprint density at radius 2 is 2.43 bits per heavy atom. The van der Waals surface area contributed by atoms with Crippen LogP contribution in [0.4, 0.5) is 5.69 Å². The fourth-order valence-corrected chi connectivity index (χ4v) is 1.32. The number of fused-ring (bicyclic) bond motifs is 1. The van der Waals surface area contributed by atoms with E-state index in [1.165, 1.54) is 10.7 Å². The smallest absolute Gasteiger partial charge is 0.339 e. The quantitative estimate of drug-likeness (QED) is 0.470. The van der Waals surface area contributed by atoms with Crippen molar-refractivity contribution in [2.45, 2.75) is 0 Å². The van der Waals surface area contributed by atoms with E-state index in [-0.39, 0.29) is 5.56 Å². The van der Waals surface area contributed by atoms with Gasteiger partial charge in [0.15, 0.2) is 0 Å². The minimum atomic E-state index is -1.03. The fraction of sp³-hybridized carbons (Fsp3) is 0. The summed E-state index contributed by atoms with van der Waals surface area (Å²) in [6, 6.07) is 3.41. The van der Waals surface area contributed by atoms with E-state index in [0.29, 0.717) is 11.2 Å². The Hall–Kier alpha value is -2.08. The molecule has 72 valence electrons. The van der Waals surface area contributed by atoms with Crippen LogP contribution in [-0.2, 0) is 0 Å².